The molecule has 3 rings (SSSR count). The van der Waals surface area contributed by atoms with Crippen LogP contribution in [0.15, 0.2) is 23.1 Å². The summed E-state index contributed by atoms with van der Waals surface area (Å²) in [5.74, 6) is 0.0916. The molecule has 1 heterocycles. The zero-order valence-electron chi connectivity index (χ0n) is 13.5. The van der Waals surface area contributed by atoms with Crippen LogP contribution in [0.2, 0.25) is 0 Å². The van der Waals surface area contributed by atoms with Gasteiger partial charge in [0.05, 0.1) is 4.90 Å². The molecular formula is C17H24N2O3S. The molecule has 2 aliphatic rings. The highest BCUT2D eigenvalue weighted by Crippen LogP contribution is 2.31. The van der Waals surface area contributed by atoms with Crippen molar-refractivity contribution in [2.24, 2.45) is 5.92 Å². The Balaban J connectivity index is 1.85. The largest absolute Gasteiger partial charge is 0.326 e. The standard InChI is InChI=1S/C17H24N2O3S/c1-13-6-9-15(18-17(20)14-7-8-14)12-16(13)23(21,22)19-10-4-2-3-5-11-19/h6,9,12,14H,2-5,7-8,10-11H2,1H3,(H,18,20). The Morgan fingerprint density at radius 1 is 1.13 bits per heavy atom. The van der Waals surface area contributed by atoms with Crippen molar-refractivity contribution in [2.45, 2.75) is 50.3 Å². The van der Waals surface area contributed by atoms with Crippen LogP contribution in [-0.2, 0) is 14.8 Å². The van der Waals surface area contributed by atoms with Crippen LogP contribution in [0.5, 0.6) is 0 Å². The molecule has 1 N–H and O–H groups in total. The van der Waals surface area contributed by atoms with Crippen LogP contribution in [-0.4, -0.2) is 31.7 Å². The Hall–Kier alpha value is -1.40. The average Bonchev–Trinajstić information content (AvgIpc) is 3.35. The van der Waals surface area contributed by atoms with E-state index in [0.29, 0.717) is 23.7 Å². The fraction of sp³-hybridized carbons (Fsp3) is 0.588. The lowest BCUT2D eigenvalue weighted by Gasteiger charge is -2.21. The second kappa shape index (κ2) is 6.61. The number of carbonyl (C=O) groups is 1. The number of rotatable bonds is 4. The number of benzene rings is 1. The molecule has 126 valence electrons. The second-order valence-electron chi connectivity index (χ2n) is 6.56. The van der Waals surface area contributed by atoms with E-state index in [1.54, 1.807) is 29.4 Å². The number of aryl methyl sites for hydroxylation is 1. The predicted molar refractivity (Wildman–Crippen MR) is 89.8 cm³/mol. The molecule has 1 aromatic rings. The zero-order valence-corrected chi connectivity index (χ0v) is 14.4. The van der Waals surface area contributed by atoms with Crippen molar-refractivity contribution in [2.75, 3.05) is 18.4 Å². The Labute approximate surface area is 138 Å². The van der Waals surface area contributed by atoms with E-state index in [9.17, 15) is 13.2 Å². The highest BCUT2D eigenvalue weighted by atomic mass is 32.2. The number of anilines is 1. The molecule has 5 nitrogen and oxygen atoms in total. The summed E-state index contributed by atoms with van der Waals surface area (Å²) >= 11 is 0. The first-order valence-electron chi connectivity index (χ1n) is 8.40. The molecular weight excluding hydrogens is 312 g/mol. The lowest BCUT2D eigenvalue weighted by molar-refractivity contribution is -0.117. The Morgan fingerprint density at radius 2 is 1.78 bits per heavy atom. The first-order chi connectivity index (χ1) is 11.0. The minimum atomic E-state index is -3.50. The molecule has 1 aliphatic carbocycles. The SMILES string of the molecule is Cc1ccc(NC(=O)C2CC2)cc1S(=O)(=O)N1CCCCCC1. The van der Waals surface area contributed by atoms with Gasteiger partial charge < -0.3 is 5.32 Å². The van der Waals surface area contributed by atoms with Crippen LogP contribution in [0.1, 0.15) is 44.1 Å². The van der Waals surface area contributed by atoms with Crippen molar-refractivity contribution in [3.05, 3.63) is 23.8 Å². The lowest BCUT2D eigenvalue weighted by Crippen LogP contribution is -2.32. The van der Waals surface area contributed by atoms with Gasteiger partial charge in [-0.25, -0.2) is 8.42 Å². The monoisotopic (exact) mass is 336 g/mol. The smallest absolute Gasteiger partial charge is 0.243 e. The summed E-state index contributed by atoms with van der Waals surface area (Å²) in [6.07, 6.45) is 5.85. The van der Waals surface area contributed by atoms with E-state index < -0.39 is 10.0 Å². The second-order valence-corrected chi connectivity index (χ2v) is 8.47. The summed E-state index contributed by atoms with van der Waals surface area (Å²) in [4.78, 5) is 12.2. The van der Waals surface area contributed by atoms with Crippen LogP contribution in [0, 0.1) is 12.8 Å². The summed E-state index contributed by atoms with van der Waals surface area (Å²) in [5.41, 5.74) is 1.29. The maximum atomic E-state index is 13.0. The average molecular weight is 336 g/mol. The van der Waals surface area contributed by atoms with Crippen LogP contribution < -0.4 is 5.32 Å². The molecule has 0 aromatic heterocycles. The third kappa shape index (κ3) is 3.75. The van der Waals surface area contributed by atoms with Crippen LogP contribution >= 0.6 is 0 Å². The molecule has 6 heteroatoms. The van der Waals surface area contributed by atoms with Crippen LogP contribution in [0.4, 0.5) is 5.69 Å². The highest BCUT2D eigenvalue weighted by molar-refractivity contribution is 7.89. The lowest BCUT2D eigenvalue weighted by atomic mass is 10.2. The van der Waals surface area contributed by atoms with Crippen molar-refractivity contribution in [1.29, 1.82) is 0 Å². The van der Waals surface area contributed by atoms with Gasteiger partial charge in [-0.15, -0.1) is 0 Å². The molecule has 0 radical (unpaired) electrons. The Bertz CT molecular complexity index is 688. The molecule has 2 fully saturated rings. The summed E-state index contributed by atoms with van der Waals surface area (Å²) in [5, 5.41) is 2.84. The van der Waals surface area contributed by atoms with Gasteiger partial charge in [-0.1, -0.05) is 18.9 Å². The van der Waals surface area contributed by atoms with Crippen molar-refractivity contribution in [3.8, 4) is 0 Å². The normalized spacial score (nSPS) is 20.0. The van der Waals surface area contributed by atoms with Gasteiger partial charge in [0, 0.05) is 24.7 Å². The van der Waals surface area contributed by atoms with E-state index in [1.807, 2.05) is 0 Å². The first kappa shape index (κ1) is 16.5. The van der Waals surface area contributed by atoms with Crippen molar-refractivity contribution in [3.63, 3.8) is 0 Å². The molecule has 1 saturated heterocycles. The number of sulfonamides is 1. The number of carbonyl (C=O) groups excluding carboxylic acids is 1. The van der Waals surface area contributed by atoms with E-state index in [0.717, 1.165) is 44.1 Å². The van der Waals surface area contributed by atoms with E-state index in [-0.39, 0.29) is 11.8 Å². The fourth-order valence-electron chi connectivity index (χ4n) is 2.97. The van der Waals surface area contributed by atoms with Crippen LogP contribution in [0.25, 0.3) is 0 Å². The topological polar surface area (TPSA) is 66.5 Å². The Kier molecular flexibility index (Phi) is 4.73. The van der Waals surface area contributed by atoms with E-state index in [2.05, 4.69) is 5.32 Å². The van der Waals surface area contributed by atoms with Gasteiger partial charge in [0.15, 0.2) is 0 Å². The van der Waals surface area contributed by atoms with E-state index in [4.69, 9.17) is 0 Å². The van der Waals surface area contributed by atoms with E-state index >= 15 is 0 Å². The summed E-state index contributed by atoms with van der Waals surface area (Å²) in [7, 11) is -3.50. The number of nitrogens with one attached hydrogen (secondary N) is 1. The van der Waals surface area contributed by atoms with E-state index in [1.165, 1.54) is 0 Å². The molecule has 1 saturated carbocycles. The number of hydrogen-bond donors (Lipinski definition) is 1. The minimum absolute atomic E-state index is 0.00743. The number of nitrogens with zero attached hydrogens (tertiary/aromatic N) is 1. The van der Waals surface area contributed by atoms with Crippen molar-refractivity contribution < 1.29 is 13.2 Å². The zero-order chi connectivity index (χ0) is 16.4. The summed E-state index contributed by atoms with van der Waals surface area (Å²) in [6.45, 7) is 2.97. The van der Waals surface area contributed by atoms with Gasteiger partial charge in [-0.2, -0.15) is 4.31 Å². The number of hydrogen-bond acceptors (Lipinski definition) is 3. The maximum Gasteiger partial charge on any atom is 0.243 e. The quantitative estimate of drug-likeness (QED) is 0.919. The van der Waals surface area contributed by atoms with Crippen LogP contribution in [0.3, 0.4) is 0 Å². The summed E-state index contributed by atoms with van der Waals surface area (Å²) in [6, 6.07) is 5.15. The van der Waals surface area contributed by atoms with Gasteiger partial charge >= 0.3 is 0 Å². The molecule has 0 atom stereocenters. The van der Waals surface area contributed by atoms with Gasteiger partial charge in [0.25, 0.3) is 0 Å². The minimum Gasteiger partial charge on any atom is -0.326 e. The summed E-state index contributed by atoms with van der Waals surface area (Å²) < 4.78 is 27.5. The molecule has 1 aliphatic heterocycles. The van der Waals surface area contributed by atoms with Crippen molar-refractivity contribution in [1.82, 2.24) is 4.31 Å². The highest BCUT2D eigenvalue weighted by Gasteiger charge is 2.30. The predicted octanol–water partition coefficient (Wildman–Crippen LogP) is 2.91. The van der Waals surface area contributed by atoms with Crippen molar-refractivity contribution >= 4 is 21.6 Å². The number of amides is 1. The molecule has 0 bridgehead atoms. The first-order valence-corrected chi connectivity index (χ1v) is 9.84. The molecule has 1 aromatic carbocycles. The van der Waals surface area contributed by atoms with Gasteiger partial charge in [-0.05, 0) is 50.3 Å². The molecule has 1 amide bonds. The third-order valence-electron chi connectivity index (χ3n) is 4.59. The molecule has 0 unspecified atom stereocenters. The molecule has 23 heavy (non-hydrogen) atoms. The molecule has 0 spiro atoms. The third-order valence-corrected chi connectivity index (χ3v) is 6.63. The van der Waals surface area contributed by atoms with Gasteiger partial charge in [0.1, 0.15) is 0 Å². The maximum absolute atomic E-state index is 13.0. The van der Waals surface area contributed by atoms with Gasteiger partial charge in [-0.3, -0.25) is 4.79 Å². The van der Waals surface area contributed by atoms with Gasteiger partial charge in [0.2, 0.25) is 15.9 Å². The Morgan fingerprint density at radius 3 is 2.39 bits per heavy atom. The fourth-order valence-corrected chi connectivity index (χ4v) is 4.73.